The number of nitrogens with one attached hydrogen (secondary N) is 1. The Balaban J connectivity index is 1.86. The second-order valence-electron chi connectivity index (χ2n) is 5.10. The number of hydrogen-bond donors (Lipinski definition) is 1. The number of anilines is 1. The summed E-state index contributed by atoms with van der Waals surface area (Å²) in [5.41, 5.74) is 2.40. The van der Waals surface area contributed by atoms with Gasteiger partial charge in [0.15, 0.2) is 5.69 Å². The number of amides is 1. The first-order valence-electron chi connectivity index (χ1n) is 7.22. The molecule has 0 atom stereocenters. The Labute approximate surface area is 147 Å². The van der Waals surface area contributed by atoms with Crippen molar-refractivity contribution >= 4 is 27.5 Å². The van der Waals surface area contributed by atoms with Crippen LogP contribution in [0.5, 0.6) is 5.75 Å². The largest absolute Gasteiger partial charge is 0.497 e. The fourth-order valence-corrected chi connectivity index (χ4v) is 2.51. The van der Waals surface area contributed by atoms with Crippen molar-refractivity contribution in [2.24, 2.45) is 0 Å². The van der Waals surface area contributed by atoms with Gasteiger partial charge < -0.3 is 10.1 Å². The molecule has 0 fully saturated rings. The summed E-state index contributed by atoms with van der Waals surface area (Å²) in [6.07, 6.45) is 0. The zero-order valence-corrected chi connectivity index (χ0v) is 14.7. The SMILES string of the molecule is COc1cccc(-n2nnc(C(=O)Nc3ccc(Br)cc3)c2C)c1. The van der Waals surface area contributed by atoms with Crippen molar-refractivity contribution in [2.75, 3.05) is 12.4 Å². The van der Waals surface area contributed by atoms with Gasteiger partial charge in [0.25, 0.3) is 5.91 Å². The number of hydrogen-bond acceptors (Lipinski definition) is 4. The third-order valence-corrected chi connectivity index (χ3v) is 4.04. The molecule has 0 bridgehead atoms. The van der Waals surface area contributed by atoms with Gasteiger partial charge in [0.05, 0.1) is 18.5 Å². The average Bonchev–Trinajstić information content (AvgIpc) is 2.98. The molecule has 122 valence electrons. The quantitative estimate of drug-likeness (QED) is 0.743. The van der Waals surface area contributed by atoms with E-state index in [-0.39, 0.29) is 11.6 Å². The minimum absolute atomic E-state index is 0.278. The summed E-state index contributed by atoms with van der Waals surface area (Å²) >= 11 is 3.36. The lowest BCUT2D eigenvalue weighted by molar-refractivity contribution is 0.102. The summed E-state index contributed by atoms with van der Waals surface area (Å²) in [6.45, 7) is 1.80. The Morgan fingerprint density at radius 3 is 2.67 bits per heavy atom. The van der Waals surface area contributed by atoms with E-state index in [9.17, 15) is 4.79 Å². The van der Waals surface area contributed by atoms with Crippen LogP contribution >= 0.6 is 15.9 Å². The van der Waals surface area contributed by atoms with Crippen LogP contribution in [0.3, 0.4) is 0 Å². The van der Waals surface area contributed by atoms with E-state index in [1.54, 1.807) is 18.7 Å². The van der Waals surface area contributed by atoms with Crippen LogP contribution < -0.4 is 10.1 Å². The molecule has 1 N–H and O–H groups in total. The molecular weight excluding hydrogens is 372 g/mol. The Hall–Kier alpha value is -2.67. The maximum Gasteiger partial charge on any atom is 0.278 e. The highest BCUT2D eigenvalue weighted by Crippen LogP contribution is 2.19. The third-order valence-electron chi connectivity index (χ3n) is 3.51. The number of carbonyl (C=O) groups excluding carboxylic acids is 1. The topological polar surface area (TPSA) is 69.0 Å². The Bertz CT molecular complexity index is 875. The van der Waals surface area contributed by atoms with E-state index < -0.39 is 0 Å². The van der Waals surface area contributed by atoms with Crippen molar-refractivity contribution in [1.29, 1.82) is 0 Å². The number of carbonyl (C=O) groups is 1. The molecule has 3 rings (SSSR count). The standard InChI is InChI=1S/C17H15BrN4O2/c1-11-16(17(23)19-13-8-6-12(18)7-9-13)20-21-22(11)14-4-3-5-15(10-14)24-2/h3-10H,1-2H3,(H,19,23). The predicted molar refractivity (Wildman–Crippen MR) is 94.7 cm³/mol. The van der Waals surface area contributed by atoms with Crippen LogP contribution in [0.15, 0.2) is 53.0 Å². The molecule has 7 heteroatoms. The van der Waals surface area contributed by atoms with Gasteiger partial charge in [-0.2, -0.15) is 0 Å². The number of rotatable bonds is 4. The molecule has 2 aromatic carbocycles. The molecule has 0 radical (unpaired) electrons. The molecule has 6 nitrogen and oxygen atoms in total. The molecule has 1 aromatic heterocycles. The van der Waals surface area contributed by atoms with E-state index in [1.807, 2.05) is 48.5 Å². The molecule has 0 spiro atoms. The summed E-state index contributed by atoms with van der Waals surface area (Å²) in [6, 6.07) is 14.7. The van der Waals surface area contributed by atoms with E-state index in [4.69, 9.17) is 4.74 Å². The number of nitrogens with zero attached hydrogens (tertiary/aromatic N) is 3. The minimum Gasteiger partial charge on any atom is -0.497 e. The van der Waals surface area contributed by atoms with Gasteiger partial charge >= 0.3 is 0 Å². The normalized spacial score (nSPS) is 10.5. The van der Waals surface area contributed by atoms with Crippen LogP contribution in [0.1, 0.15) is 16.2 Å². The number of ether oxygens (including phenoxy) is 1. The first-order chi connectivity index (χ1) is 11.6. The third kappa shape index (κ3) is 3.30. The van der Waals surface area contributed by atoms with Gasteiger partial charge in [0.2, 0.25) is 0 Å². The summed E-state index contributed by atoms with van der Waals surface area (Å²) in [7, 11) is 1.60. The summed E-state index contributed by atoms with van der Waals surface area (Å²) in [5, 5.41) is 10.9. The molecule has 0 aliphatic heterocycles. The summed E-state index contributed by atoms with van der Waals surface area (Å²) in [4.78, 5) is 12.4. The van der Waals surface area contributed by atoms with Crippen molar-refractivity contribution in [3.05, 3.63) is 64.4 Å². The number of methoxy groups -OCH3 is 1. The second kappa shape index (κ2) is 6.84. The Morgan fingerprint density at radius 1 is 1.21 bits per heavy atom. The monoisotopic (exact) mass is 386 g/mol. The maximum atomic E-state index is 12.4. The van der Waals surface area contributed by atoms with Crippen LogP contribution in [0.4, 0.5) is 5.69 Å². The Morgan fingerprint density at radius 2 is 1.96 bits per heavy atom. The molecule has 3 aromatic rings. The molecule has 1 amide bonds. The highest BCUT2D eigenvalue weighted by Gasteiger charge is 2.17. The Kier molecular flexibility index (Phi) is 4.61. The first-order valence-corrected chi connectivity index (χ1v) is 8.01. The van der Waals surface area contributed by atoms with Crippen LogP contribution in [0.2, 0.25) is 0 Å². The van der Waals surface area contributed by atoms with Crippen LogP contribution in [-0.2, 0) is 0 Å². The molecule has 0 unspecified atom stereocenters. The lowest BCUT2D eigenvalue weighted by Crippen LogP contribution is -2.14. The fraction of sp³-hybridized carbons (Fsp3) is 0.118. The second-order valence-corrected chi connectivity index (χ2v) is 6.01. The zero-order chi connectivity index (χ0) is 17.1. The molecule has 0 aliphatic carbocycles. The van der Waals surface area contributed by atoms with E-state index in [0.29, 0.717) is 17.1 Å². The first kappa shape index (κ1) is 16.2. The van der Waals surface area contributed by atoms with Gasteiger partial charge in [0.1, 0.15) is 5.75 Å². The molecule has 0 saturated heterocycles. The molecule has 24 heavy (non-hydrogen) atoms. The van der Waals surface area contributed by atoms with Gasteiger partial charge in [-0.3, -0.25) is 4.79 Å². The van der Waals surface area contributed by atoms with Crippen LogP contribution in [0, 0.1) is 6.92 Å². The molecule has 0 saturated carbocycles. The lowest BCUT2D eigenvalue weighted by Gasteiger charge is -2.06. The van der Waals surface area contributed by atoms with Gasteiger partial charge in [-0.15, -0.1) is 5.10 Å². The number of aromatic nitrogens is 3. The highest BCUT2D eigenvalue weighted by molar-refractivity contribution is 9.10. The lowest BCUT2D eigenvalue weighted by atomic mass is 10.2. The molecule has 1 heterocycles. The highest BCUT2D eigenvalue weighted by atomic mass is 79.9. The minimum atomic E-state index is -0.302. The molecule has 0 aliphatic rings. The number of halogens is 1. The van der Waals surface area contributed by atoms with Crippen molar-refractivity contribution in [3.8, 4) is 11.4 Å². The van der Waals surface area contributed by atoms with E-state index in [1.165, 1.54) is 0 Å². The number of benzene rings is 2. The maximum absolute atomic E-state index is 12.4. The van der Waals surface area contributed by atoms with Crippen molar-refractivity contribution in [2.45, 2.75) is 6.92 Å². The molecular formula is C17H15BrN4O2. The van der Waals surface area contributed by atoms with E-state index in [0.717, 1.165) is 10.2 Å². The summed E-state index contributed by atoms with van der Waals surface area (Å²) < 4.78 is 7.77. The zero-order valence-electron chi connectivity index (χ0n) is 13.2. The van der Waals surface area contributed by atoms with Crippen molar-refractivity contribution in [1.82, 2.24) is 15.0 Å². The van der Waals surface area contributed by atoms with Gasteiger partial charge in [0, 0.05) is 16.2 Å². The van der Waals surface area contributed by atoms with Crippen molar-refractivity contribution in [3.63, 3.8) is 0 Å². The smallest absolute Gasteiger partial charge is 0.278 e. The van der Waals surface area contributed by atoms with Crippen molar-refractivity contribution < 1.29 is 9.53 Å². The van der Waals surface area contributed by atoms with E-state index >= 15 is 0 Å². The fourth-order valence-electron chi connectivity index (χ4n) is 2.25. The van der Waals surface area contributed by atoms with Crippen LogP contribution in [-0.4, -0.2) is 28.0 Å². The van der Waals surface area contributed by atoms with Crippen LogP contribution in [0.25, 0.3) is 5.69 Å². The van der Waals surface area contributed by atoms with Gasteiger partial charge in [-0.1, -0.05) is 27.2 Å². The average molecular weight is 387 g/mol. The summed E-state index contributed by atoms with van der Waals surface area (Å²) in [5.74, 6) is 0.409. The van der Waals surface area contributed by atoms with Gasteiger partial charge in [-0.05, 0) is 43.3 Å². The van der Waals surface area contributed by atoms with E-state index in [2.05, 4.69) is 31.6 Å². The van der Waals surface area contributed by atoms with Gasteiger partial charge in [-0.25, -0.2) is 4.68 Å². The predicted octanol–water partition coefficient (Wildman–Crippen LogP) is 3.60.